The van der Waals surface area contributed by atoms with E-state index in [-0.39, 0.29) is 12.1 Å². The largest absolute Gasteiger partial charge is 0.444 e. The molecule has 22 heavy (non-hydrogen) atoms. The van der Waals surface area contributed by atoms with Gasteiger partial charge in [-0.1, -0.05) is 11.6 Å². The first-order valence-electron chi connectivity index (χ1n) is 7.34. The van der Waals surface area contributed by atoms with Gasteiger partial charge in [-0.05, 0) is 39.7 Å². The number of aromatic nitrogens is 3. The molecule has 0 aromatic carbocycles. The van der Waals surface area contributed by atoms with Crippen molar-refractivity contribution >= 4 is 28.7 Å². The van der Waals surface area contributed by atoms with Crippen molar-refractivity contribution in [2.45, 2.75) is 45.3 Å². The molecule has 118 valence electrons. The van der Waals surface area contributed by atoms with Gasteiger partial charge >= 0.3 is 6.09 Å². The van der Waals surface area contributed by atoms with Gasteiger partial charge < -0.3 is 9.72 Å². The molecule has 0 bridgehead atoms. The fourth-order valence-electron chi connectivity index (χ4n) is 2.74. The molecule has 6 nitrogen and oxygen atoms in total. The van der Waals surface area contributed by atoms with Gasteiger partial charge in [-0.3, -0.25) is 4.90 Å². The number of H-pyrrole nitrogens is 1. The molecule has 0 saturated carbocycles. The van der Waals surface area contributed by atoms with Crippen molar-refractivity contribution in [3.63, 3.8) is 0 Å². The van der Waals surface area contributed by atoms with Gasteiger partial charge in [0.25, 0.3) is 0 Å². The molecule has 0 radical (unpaired) electrons. The van der Waals surface area contributed by atoms with Crippen molar-refractivity contribution in [2.24, 2.45) is 0 Å². The van der Waals surface area contributed by atoms with Crippen LogP contribution in [0.3, 0.4) is 0 Å². The van der Waals surface area contributed by atoms with E-state index < -0.39 is 5.60 Å². The van der Waals surface area contributed by atoms with Crippen LogP contribution in [0.4, 0.5) is 4.79 Å². The Labute approximate surface area is 133 Å². The number of halogens is 1. The van der Waals surface area contributed by atoms with Crippen LogP contribution in [-0.4, -0.2) is 38.1 Å². The molecule has 1 saturated heterocycles. The minimum absolute atomic E-state index is 0.0416. The fourth-order valence-corrected chi connectivity index (χ4v) is 2.93. The lowest BCUT2D eigenvalue weighted by atomic mass is 10.1. The number of nitrogens with zero attached hydrogens (tertiary/aromatic N) is 3. The maximum Gasteiger partial charge on any atom is 0.410 e. The highest BCUT2D eigenvalue weighted by molar-refractivity contribution is 6.33. The predicted molar refractivity (Wildman–Crippen MR) is 83.8 cm³/mol. The number of rotatable bonds is 1. The third kappa shape index (κ3) is 2.88. The Kier molecular flexibility index (Phi) is 3.72. The summed E-state index contributed by atoms with van der Waals surface area (Å²) in [5.74, 6) is 0. The van der Waals surface area contributed by atoms with E-state index in [0.29, 0.717) is 17.2 Å². The first-order valence-corrected chi connectivity index (χ1v) is 7.72. The van der Waals surface area contributed by atoms with Gasteiger partial charge in [-0.2, -0.15) is 0 Å². The van der Waals surface area contributed by atoms with E-state index in [1.165, 1.54) is 6.33 Å². The van der Waals surface area contributed by atoms with Crippen molar-refractivity contribution in [1.82, 2.24) is 19.9 Å². The number of fused-ring (bicyclic) bond motifs is 1. The molecule has 1 aliphatic rings. The van der Waals surface area contributed by atoms with Gasteiger partial charge in [0.05, 0.1) is 11.6 Å². The molecule has 2 aromatic rings. The van der Waals surface area contributed by atoms with E-state index >= 15 is 0 Å². The Morgan fingerprint density at radius 1 is 1.45 bits per heavy atom. The number of ether oxygens (including phenoxy) is 1. The molecule has 0 aliphatic carbocycles. The molecule has 0 unspecified atom stereocenters. The van der Waals surface area contributed by atoms with Crippen molar-refractivity contribution < 1.29 is 9.53 Å². The van der Waals surface area contributed by atoms with E-state index in [1.807, 2.05) is 26.8 Å². The van der Waals surface area contributed by atoms with Crippen LogP contribution in [0, 0.1) is 0 Å². The maximum atomic E-state index is 12.4. The lowest BCUT2D eigenvalue weighted by Gasteiger charge is -2.28. The van der Waals surface area contributed by atoms with Crippen molar-refractivity contribution in [3.05, 3.63) is 23.2 Å². The number of nitrogens with one attached hydrogen (secondary N) is 1. The first kappa shape index (κ1) is 15.1. The highest BCUT2D eigenvalue weighted by Crippen LogP contribution is 2.34. The Morgan fingerprint density at radius 3 is 2.91 bits per heavy atom. The fraction of sp³-hybridized carbons (Fsp3) is 0.533. The summed E-state index contributed by atoms with van der Waals surface area (Å²) in [6.45, 7) is 6.30. The van der Waals surface area contributed by atoms with Crippen molar-refractivity contribution in [1.29, 1.82) is 0 Å². The van der Waals surface area contributed by atoms with Crippen molar-refractivity contribution in [2.75, 3.05) is 6.54 Å². The van der Waals surface area contributed by atoms with Crippen LogP contribution in [0.15, 0.2) is 12.4 Å². The van der Waals surface area contributed by atoms with Crippen LogP contribution in [0.2, 0.25) is 5.15 Å². The summed E-state index contributed by atoms with van der Waals surface area (Å²) in [6, 6.07) is 1.89. The Hall–Kier alpha value is -1.82. The minimum atomic E-state index is -0.501. The monoisotopic (exact) mass is 322 g/mol. The average molecular weight is 323 g/mol. The maximum absolute atomic E-state index is 12.4. The summed E-state index contributed by atoms with van der Waals surface area (Å²) in [5.41, 5.74) is 1.88. The van der Waals surface area contributed by atoms with Crippen LogP contribution in [0.5, 0.6) is 0 Å². The van der Waals surface area contributed by atoms with Crippen LogP contribution in [0.1, 0.15) is 45.3 Å². The van der Waals surface area contributed by atoms with E-state index in [1.54, 1.807) is 4.90 Å². The number of hydrogen-bond donors (Lipinski definition) is 1. The second-order valence-corrected chi connectivity index (χ2v) is 6.84. The van der Waals surface area contributed by atoms with Crippen LogP contribution >= 0.6 is 11.6 Å². The first-order chi connectivity index (χ1) is 10.3. The van der Waals surface area contributed by atoms with Crippen molar-refractivity contribution in [3.8, 4) is 0 Å². The summed E-state index contributed by atoms with van der Waals surface area (Å²) in [7, 11) is 0. The van der Waals surface area contributed by atoms with Crippen LogP contribution in [0.25, 0.3) is 11.0 Å². The number of amides is 1. The number of carbonyl (C=O) groups excluding carboxylic acids is 1. The summed E-state index contributed by atoms with van der Waals surface area (Å²) < 4.78 is 5.49. The summed E-state index contributed by atoms with van der Waals surface area (Å²) in [5, 5.41) is 0.387. The Morgan fingerprint density at radius 2 is 2.23 bits per heavy atom. The Balaban J connectivity index is 1.88. The number of likely N-dealkylation sites (tertiary alicyclic amines) is 1. The summed E-state index contributed by atoms with van der Waals surface area (Å²) in [6.07, 6.45) is 2.98. The number of aromatic amines is 1. The molecule has 1 atom stereocenters. The van der Waals surface area contributed by atoms with Crippen LogP contribution in [-0.2, 0) is 4.74 Å². The summed E-state index contributed by atoms with van der Waals surface area (Å²) in [4.78, 5) is 25.5. The molecule has 7 heteroatoms. The number of hydrogen-bond acceptors (Lipinski definition) is 4. The zero-order valence-corrected chi connectivity index (χ0v) is 13.6. The quantitative estimate of drug-likeness (QED) is 0.813. The second-order valence-electron chi connectivity index (χ2n) is 6.48. The molecule has 1 fully saturated rings. The zero-order chi connectivity index (χ0) is 15.9. The SMILES string of the molecule is CC(C)(C)OC(=O)N1CCC[C@H]1c1cc2ncnc(Cl)c2[nH]1. The molecular formula is C15H19ClN4O2. The lowest BCUT2D eigenvalue weighted by molar-refractivity contribution is 0.0222. The molecule has 3 heterocycles. The van der Waals surface area contributed by atoms with Gasteiger partial charge in [0.2, 0.25) is 0 Å². The molecule has 2 aromatic heterocycles. The lowest BCUT2D eigenvalue weighted by Crippen LogP contribution is -2.36. The second kappa shape index (κ2) is 5.43. The van der Waals surface area contributed by atoms with Gasteiger partial charge in [0, 0.05) is 12.2 Å². The van der Waals surface area contributed by atoms with E-state index in [9.17, 15) is 4.79 Å². The zero-order valence-electron chi connectivity index (χ0n) is 12.9. The Bertz CT molecular complexity index is 707. The summed E-state index contributed by atoms with van der Waals surface area (Å²) >= 11 is 6.08. The molecule has 0 spiro atoms. The highest BCUT2D eigenvalue weighted by Gasteiger charge is 2.34. The van der Waals surface area contributed by atoms with Gasteiger partial charge in [0.15, 0.2) is 5.15 Å². The van der Waals surface area contributed by atoms with E-state index in [0.717, 1.165) is 24.1 Å². The van der Waals surface area contributed by atoms with Gasteiger partial charge in [-0.15, -0.1) is 0 Å². The third-order valence-electron chi connectivity index (χ3n) is 3.63. The van der Waals surface area contributed by atoms with Gasteiger partial charge in [0.1, 0.15) is 17.4 Å². The molecule has 1 aliphatic heterocycles. The normalized spacial score (nSPS) is 18.9. The third-order valence-corrected chi connectivity index (χ3v) is 3.92. The molecule has 1 amide bonds. The van der Waals surface area contributed by atoms with E-state index in [4.69, 9.17) is 16.3 Å². The van der Waals surface area contributed by atoms with Gasteiger partial charge in [-0.25, -0.2) is 14.8 Å². The van der Waals surface area contributed by atoms with Crippen LogP contribution < -0.4 is 0 Å². The van der Waals surface area contributed by atoms with E-state index in [2.05, 4.69) is 15.0 Å². The molecular weight excluding hydrogens is 304 g/mol. The standard InChI is InChI=1S/C15H19ClN4O2/c1-15(2,3)22-14(21)20-6-4-5-11(20)9-7-10-12(19-9)13(16)18-8-17-10/h7-8,11,19H,4-6H2,1-3H3/t11-/m0/s1. The molecule has 3 rings (SSSR count). The molecule has 1 N–H and O–H groups in total. The topological polar surface area (TPSA) is 71.1 Å². The average Bonchev–Trinajstić information content (AvgIpc) is 3.03. The number of carbonyl (C=O) groups is 1. The minimum Gasteiger partial charge on any atom is -0.444 e. The predicted octanol–water partition coefficient (Wildman–Crippen LogP) is 3.68. The highest BCUT2D eigenvalue weighted by atomic mass is 35.5. The smallest absolute Gasteiger partial charge is 0.410 e.